The highest BCUT2D eigenvalue weighted by atomic mass is 32.1. The van der Waals surface area contributed by atoms with Gasteiger partial charge in [-0.25, -0.2) is 0 Å². The number of aryl methyl sites for hydroxylation is 1. The zero-order valence-corrected chi connectivity index (χ0v) is 19.8. The number of benzene rings is 1. The van der Waals surface area contributed by atoms with E-state index in [0.29, 0.717) is 0 Å². The minimum Gasteiger partial charge on any atom is -0.372 e. The number of rotatable bonds is 6. The number of aromatic nitrogens is 2. The fourth-order valence-electron chi connectivity index (χ4n) is 4.73. The summed E-state index contributed by atoms with van der Waals surface area (Å²) in [5.41, 5.74) is 7.18. The second kappa shape index (κ2) is 8.71. The average Bonchev–Trinajstić information content (AvgIpc) is 3.24. The van der Waals surface area contributed by atoms with Gasteiger partial charge in [0.05, 0.1) is 17.8 Å². The molecule has 5 nitrogen and oxygen atoms in total. The average molecular weight is 434 g/mol. The van der Waals surface area contributed by atoms with Gasteiger partial charge in [0.25, 0.3) is 0 Å². The molecule has 162 valence electrons. The summed E-state index contributed by atoms with van der Waals surface area (Å²) in [6, 6.07) is 17.3. The molecule has 1 aromatic carbocycles. The molecule has 0 aliphatic carbocycles. The van der Waals surface area contributed by atoms with Crippen LogP contribution in [0.1, 0.15) is 48.6 Å². The molecule has 0 radical (unpaired) electrons. The molecule has 3 heterocycles. The van der Waals surface area contributed by atoms with Crippen LogP contribution in [0.2, 0.25) is 0 Å². The molecule has 2 atom stereocenters. The molecule has 1 saturated heterocycles. The normalized spacial score (nSPS) is 18.4. The lowest BCUT2D eigenvalue weighted by molar-refractivity contribution is 0.367. The molecule has 4 rings (SSSR count). The van der Waals surface area contributed by atoms with E-state index in [1.54, 1.807) is 0 Å². The van der Waals surface area contributed by atoms with E-state index in [0.717, 1.165) is 23.9 Å². The van der Waals surface area contributed by atoms with E-state index in [1.807, 2.05) is 18.3 Å². The van der Waals surface area contributed by atoms with E-state index in [-0.39, 0.29) is 12.1 Å². The maximum absolute atomic E-state index is 5.61. The Kier molecular flexibility index (Phi) is 6.01. The lowest BCUT2D eigenvalue weighted by Gasteiger charge is -2.25. The summed E-state index contributed by atoms with van der Waals surface area (Å²) in [7, 11) is 2.06. The predicted octanol–water partition coefficient (Wildman–Crippen LogP) is 4.94. The Bertz CT molecular complexity index is 1050. The lowest BCUT2D eigenvalue weighted by atomic mass is 9.97. The molecule has 31 heavy (non-hydrogen) atoms. The van der Waals surface area contributed by atoms with Crippen molar-refractivity contribution >= 4 is 23.0 Å². The van der Waals surface area contributed by atoms with Gasteiger partial charge in [-0.2, -0.15) is 0 Å². The van der Waals surface area contributed by atoms with Gasteiger partial charge < -0.3 is 19.7 Å². The first-order valence-electron chi connectivity index (χ1n) is 10.9. The van der Waals surface area contributed by atoms with Crippen LogP contribution in [-0.2, 0) is 0 Å². The maximum atomic E-state index is 5.61. The number of likely N-dealkylation sites (N-methyl/N-ethyl adjacent to an activating group) is 1. The Morgan fingerprint density at radius 3 is 2.39 bits per heavy atom. The first kappa shape index (κ1) is 21.4. The van der Waals surface area contributed by atoms with Gasteiger partial charge in [0.2, 0.25) is 0 Å². The van der Waals surface area contributed by atoms with Gasteiger partial charge in [-0.1, -0.05) is 6.07 Å². The fourth-order valence-corrected chi connectivity index (χ4v) is 4.97. The SMILES string of the molecule is CCN(CC)c1ccc(-n2c(C)cc(C3C(c4ccccn4)NC(=S)N3C)c2C)cc1. The van der Waals surface area contributed by atoms with Crippen LogP contribution in [-0.4, -0.2) is 39.7 Å². The number of thiocarbonyl (C=S) groups is 1. The summed E-state index contributed by atoms with van der Waals surface area (Å²) in [6.45, 7) is 10.8. The number of pyridine rings is 1. The molecular formula is C25H31N5S. The van der Waals surface area contributed by atoms with Crippen molar-refractivity contribution in [3.8, 4) is 5.69 Å². The van der Waals surface area contributed by atoms with Crippen LogP contribution in [0.5, 0.6) is 0 Å². The Balaban J connectivity index is 1.73. The first-order valence-corrected chi connectivity index (χ1v) is 11.4. The van der Waals surface area contributed by atoms with E-state index in [4.69, 9.17) is 12.2 Å². The molecule has 1 aliphatic rings. The zero-order valence-electron chi connectivity index (χ0n) is 19.0. The third kappa shape index (κ3) is 3.81. The third-order valence-electron chi connectivity index (χ3n) is 6.36. The standard InChI is InChI=1S/C25H31N5S/c1-6-29(7-2)19-11-13-20(14-12-19)30-17(3)16-21(18(30)4)24-23(27-25(31)28(24)5)22-10-8-9-15-26-22/h8-16,23-24H,6-7H2,1-5H3,(H,27,31). The Hall–Kier alpha value is -2.86. The predicted molar refractivity (Wildman–Crippen MR) is 132 cm³/mol. The minimum absolute atomic E-state index is 0.0256. The van der Waals surface area contributed by atoms with Crippen molar-refractivity contribution in [3.05, 3.63) is 77.4 Å². The van der Waals surface area contributed by atoms with Crippen molar-refractivity contribution in [2.24, 2.45) is 0 Å². The monoisotopic (exact) mass is 433 g/mol. The Morgan fingerprint density at radius 2 is 1.77 bits per heavy atom. The number of anilines is 1. The second-order valence-corrected chi connectivity index (χ2v) is 8.47. The van der Waals surface area contributed by atoms with E-state index >= 15 is 0 Å². The molecular weight excluding hydrogens is 402 g/mol. The Labute approximate surface area is 190 Å². The molecule has 0 bridgehead atoms. The lowest BCUT2D eigenvalue weighted by Crippen LogP contribution is -2.25. The summed E-state index contributed by atoms with van der Waals surface area (Å²) in [6.07, 6.45) is 1.84. The van der Waals surface area contributed by atoms with Crippen molar-refractivity contribution in [1.29, 1.82) is 0 Å². The maximum Gasteiger partial charge on any atom is 0.169 e. The van der Waals surface area contributed by atoms with Crippen LogP contribution in [0, 0.1) is 13.8 Å². The molecule has 0 spiro atoms. The third-order valence-corrected chi connectivity index (χ3v) is 6.77. The van der Waals surface area contributed by atoms with E-state index in [2.05, 4.69) is 95.8 Å². The molecule has 2 aromatic heterocycles. The van der Waals surface area contributed by atoms with Crippen LogP contribution in [0.3, 0.4) is 0 Å². The largest absolute Gasteiger partial charge is 0.372 e. The van der Waals surface area contributed by atoms with Gasteiger partial charge in [0.15, 0.2) is 5.11 Å². The van der Waals surface area contributed by atoms with Crippen LogP contribution in [0.25, 0.3) is 5.69 Å². The van der Waals surface area contributed by atoms with Crippen molar-refractivity contribution in [3.63, 3.8) is 0 Å². The molecule has 6 heteroatoms. The number of nitrogens with one attached hydrogen (secondary N) is 1. The summed E-state index contributed by atoms with van der Waals surface area (Å²) in [5, 5.41) is 4.24. The molecule has 2 unspecified atom stereocenters. The van der Waals surface area contributed by atoms with Crippen LogP contribution in [0.4, 0.5) is 5.69 Å². The minimum atomic E-state index is 0.0256. The van der Waals surface area contributed by atoms with Crippen LogP contribution >= 0.6 is 12.2 Å². The van der Waals surface area contributed by atoms with Gasteiger partial charge in [-0.05, 0) is 87.9 Å². The van der Waals surface area contributed by atoms with Crippen molar-refractivity contribution in [2.45, 2.75) is 39.8 Å². The number of hydrogen-bond acceptors (Lipinski definition) is 3. The molecule has 1 fully saturated rings. The number of nitrogens with zero attached hydrogens (tertiary/aromatic N) is 4. The second-order valence-electron chi connectivity index (χ2n) is 8.09. The Morgan fingerprint density at radius 1 is 1.06 bits per heavy atom. The molecule has 0 amide bonds. The zero-order chi connectivity index (χ0) is 22.1. The van der Waals surface area contributed by atoms with Gasteiger partial charge in [-0.15, -0.1) is 0 Å². The van der Waals surface area contributed by atoms with Gasteiger partial charge >= 0.3 is 0 Å². The summed E-state index contributed by atoms with van der Waals surface area (Å²) in [5.74, 6) is 0. The first-order chi connectivity index (χ1) is 15.0. The highest BCUT2D eigenvalue weighted by molar-refractivity contribution is 7.80. The summed E-state index contributed by atoms with van der Waals surface area (Å²) >= 11 is 5.61. The topological polar surface area (TPSA) is 36.3 Å². The summed E-state index contributed by atoms with van der Waals surface area (Å²) < 4.78 is 2.34. The molecule has 1 N–H and O–H groups in total. The van der Waals surface area contributed by atoms with Gasteiger partial charge in [0, 0.05) is 49.1 Å². The van der Waals surface area contributed by atoms with Crippen LogP contribution < -0.4 is 10.2 Å². The van der Waals surface area contributed by atoms with Gasteiger partial charge in [-0.3, -0.25) is 4.98 Å². The van der Waals surface area contributed by atoms with Crippen molar-refractivity contribution in [2.75, 3.05) is 25.0 Å². The summed E-state index contributed by atoms with van der Waals surface area (Å²) in [4.78, 5) is 9.12. The number of hydrogen-bond donors (Lipinski definition) is 1. The fraction of sp³-hybridized carbons (Fsp3) is 0.360. The van der Waals surface area contributed by atoms with Gasteiger partial charge in [0.1, 0.15) is 0 Å². The highest BCUT2D eigenvalue weighted by Crippen LogP contribution is 2.40. The van der Waals surface area contributed by atoms with E-state index in [1.165, 1.54) is 28.3 Å². The van der Waals surface area contributed by atoms with Crippen molar-refractivity contribution < 1.29 is 0 Å². The quantitative estimate of drug-likeness (QED) is 0.558. The molecule has 0 saturated carbocycles. The van der Waals surface area contributed by atoms with E-state index in [9.17, 15) is 0 Å². The molecule has 3 aromatic rings. The highest BCUT2D eigenvalue weighted by Gasteiger charge is 2.39. The van der Waals surface area contributed by atoms with Crippen molar-refractivity contribution in [1.82, 2.24) is 19.8 Å². The smallest absolute Gasteiger partial charge is 0.169 e. The molecule has 1 aliphatic heterocycles. The van der Waals surface area contributed by atoms with E-state index < -0.39 is 0 Å². The van der Waals surface area contributed by atoms with Crippen LogP contribution in [0.15, 0.2) is 54.7 Å².